The van der Waals surface area contributed by atoms with E-state index in [2.05, 4.69) is 0 Å². The van der Waals surface area contributed by atoms with Gasteiger partial charge in [-0.3, -0.25) is 4.90 Å². The molecular weight excluding hydrogens is 233 g/mol. The smallest absolute Gasteiger partial charge is 0.395 e. The maximum absolute atomic E-state index is 13.0. The van der Waals surface area contributed by atoms with Crippen LogP contribution in [0.5, 0.6) is 0 Å². The second-order valence-corrected chi connectivity index (χ2v) is 4.63. The number of aliphatic hydroxyl groups excluding tert-OH is 1. The Hall–Kier alpha value is -0.330. The summed E-state index contributed by atoms with van der Waals surface area (Å²) in [7, 11) is 0. The number of likely N-dealkylation sites (tertiary alicyclic amines) is 1. The summed E-state index contributed by atoms with van der Waals surface area (Å²) in [6.07, 6.45) is -1.84. The minimum absolute atomic E-state index is 0.233. The fraction of sp³-hybridized carbons (Fsp3) is 1.00. The fourth-order valence-corrected chi connectivity index (χ4v) is 2.49. The molecule has 1 heterocycles. The number of nitrogens with two attached hydrogens (primary N) is 1. The predicted molar refractivity (Wildman–Crippen MR) is 59.5 cm³/mol. The number of hydrogen-bond donors (Lipinski definition) is 2. The first-order valence-electron chi connectivity index (χ1n) is 6.10. The van der Waals surface area contributed by atoms with Gasteiger partial charge in [0, 0.05) is 12.1 Å². The molecule has 0 aromatic rings. The topological polar surface area (TPSA) is 49.5 Å². The van der Waals surface area contributed by atoms with Gasteiger partial charge in [0.05, 0.1) is 6.61 Å². The van der Waals surface area contributed by atoms with Crippen LogP contribution in [-0.4, -0.2) is 47.5 Å². The van der Waals surface area contributed by atoms with Crippen LogP contribution < -0.4 is 5.73 Å². The molecule has 0 aromatic heterocycles. The van der Waals surface area contributed by atoms with Crippen LogP contribution in [0.2, 0.25) is 0 Å². The van der Waals surface area contributed by atoms with Crippen LogP contribution in [0.1, 0.15) is 32.6 Å². The maximum Gasteiger partial charge on any atom is 0.405 e. The van der Waals surface area contributed by atoms with Crippen molar-refractivity contribution in [2.24, 2.45) is 5.73 Å². The maximum atomic E-state index is 13.0. The number of halogens is 3. The molecule has 3 unspecified atom stereocenters. The first kappa shape index (κ1) is 14.7. The van der Waals surface area contributed by atoms with Gasteiger partial charge in [0.1, 0.15) is 6.04 Å². The van der Waals surface area contributed by atoms with Crippen LogP contribution in [0.15, 0.2) is 0 Å². The molecule has 17 heavy (non-hydrogen) atoms. The van der Waals surface area contributed by atoms with Crippen molar-refractivity contribution in [3.63, 3.8) is 0 Å². The summed E-state index contributed by atoms with van der Waals surface area (Å²) in [5, 5.41) is 9.18. The fourth-order valence-electron chi connectivity index (χ4n) is 2.49. The zero-order valence-electron chi connectivity index (χ0n) is 10.1. The molecule has 1 rings (SSSR count). The quantitative estimate of drug-likeness (QED) is 0.799. The molecule has 3 nitrogen and oxygen atoms in total. The first-order chi connectivity index (χ1) is 7.91. The minimum Gasteiger partial charge on any atom is -0.395 e. The molecule has 6 heteroatoms. The van der Waals surface area contributed by atoms with E-state index in [9.17, 15) is 18.3 Å². The zero-order chi connectivity index (χ0) is 13.1. The first-order valence-corrected chi connectivity index (χ1v) is 6.10. The molecule has 0 aliphatic carbocycles. The van der Waals surface area contributed by atoms with E-state index in [4.69, 9.17) is 5.73 Å². The molecule has 1 saturated heterocycles. The van der Waals surface area contributed by atoms with Gasteiger partial charge in [0.2, 0.25) is 0 Å². The molecule has 3 N–H and O–H groups in total. The molecule has 0 amide bonds. The van der Waals surface area contributed by atoms with Gasteiger partial charge in [0.25, 0.3) is 0 Å². The molecule has 0 saturated carbocycles. The zero-order valence-corrected chi connectivity index (χ0v) is 10.1. The molecule has 0 spiro atoms. The van der Waals surface area contributed by atoms with E-state index >= 15 is 0 Å². The van der Waals surface area contributed by atoms with Crippen LogP contribution in [0.25, 0.3) is 0 Å². The van der Waals surface area contributed by atoms with Crippen LogP contribution in [0.4, 0.5) is 13.2 Å². The van der Waals surface area contributed by atoms with Gasteiger partial charge < -0.3 is 10.8 Å². The van der Waals surface area contributed by atoms with Gasteiger partial charge in [-0.25, -0.2) is 0 Å². The summed E-state index contributed by atoms with van der Waals surface area (Å²) in [5.74, 6) is 0. The van der Waals surface area contributed by atoms with E-state index < -0.39 is 24.3 Å². The molecule has 1 fully saturated rings. The van der Waals surface area contributed by atoms with E-state index in [1.807, 2.05) is 0 Å². The van der Waals surface area contributed by atoms with Gasteiger partial charge in [-0.2, -0.15) is 13.2 Å². The number of piperidine rings is 1. The largest absolute Gasteiger partial charge is 0.405 e. The number of hydrogen-bond acceptors (Lipinski definition) is 3. The third-order valence-electron chi connectivity index (χ3n) is 3.45. The Morgan fingerprint density at radius 3 is 2.53 bits per heavy atom. The molecule has 0 bridgehead atoms. The van der Waals surface area contributed by atoms with Crippen molar-refractivity contribution in [1.29, 1.82) is 0 Å². The molecule has 1 aliphatic heterocycles. The average Bonchev–Trinajstić information content (AvgIpc) is 2.28. The third kappa shape index (κ3) is 3.56. The summed E-state index contributed by atoms with van der Waals surface area (Å²) in [6.45, 7) is 1.79. The molecule has 102 valence electrons. The monoisotopic (exact) mass is 254 g/mol. The van der Waals surface area contributed by atoms with Crippen LogP contribution in [0.3, 0.4) is 0 Å². The van der Waals surface area contributed by atoms with Crippen LogP contribution >= 0.6 is 0 Å². The second kappa shape index (κ2) is 6.02. The third-order valence-corrected chi connectivity index (χ3v) is 3.45. The van der Waals surface area contributed by atoms with Crippen molar-refractivity contribution in [2.45, 2.75) is 56.9 Å². The predicted octanol–water partition coefficient (Wildman–Crippen LogP) is 1.50. The highest BCUT2D eigenvalue weighted by molar-refractivity contribution is 4.92. The number of aliphatic hydroxyl groups is 1. The van der Waals surface area contributed by atoms with Gasteiger partial charge in [-0.15, -0.1) is 0 Å². The van der Waals surface area contributed by atoms with E-state index in [0.717, 1.165) is 12.8 Å². The van der Waals surface area contributed by atoms with Gasteiger partial charge in [-0.1, -0.05) is 13.3 Å². The van der Waals surface area contributed by atoms with Crippen molar-refractivity contribution in [2.75, 3.05) is 13.2 Å². The second-order valence-electron chi connectivity index (χ2n) is 4.63. The van der Waals surface area contributed by atoms with Crippen molar-refractivity contribution in [1.82, 2.24) is 4.90 Å². The molecular formula is C11H21F3N2O. The summed E-state index contributed by atoms with van der Waals surface area (Å²) < 4.78 is 39.1. The van der Waals surface area contributed by atoms with E-state index in [1.165, 1.54) is 4.90 Å². The van der Waals surface area contributed by atoms with Crippen LogP contribution in [0, 0.1) is 0 Å². The Morgan fingerprint density at radius 1 is 1.41 bits per heavy atom. The lowest BCUT2D eigenvalue weighted by atomic mass is 9.96. The van der Waals surface area contributed by atoms with Crippen molar-refractivity contribution in [3.05, 3.63) is 0 Å². The molecule has 0 aromatic carbocycles. The van der Waals surface area contributed by atoms with Crippen molar-refractivity contribution in [3.8, 4) is 0 Å². The highest BCUT2D eigenvalue weighted by Gasteiger charge is 2.48. The normalized spacial score (nSPS) is 26.8. The number of rotatable bonds is 4. The standard InChI is InChI=1S/C11H21F3N2O/c1-2-9(15)10(11(12,13)14)16-6-4-3-5-8(16)7-17/h8-10,17H,2-7,15H2,1H3. The van der Waals surface area contributed by atoms with Gasteiger partial charge >= 0.3 is 6.18 Å². The van der Waals surface area contributed by atoms with Crippen molar-refractivity contribution < 1.29 is 18.3 Å². The lowest BCUT2D eigenvalue weighted by Crippen LogP contribution is -2.60. The number of nitrogens with zero attached hydrogens (tertiary/aromatic N) is 1. The summed E-state index contributed by atoms with van der Waals surface area (Å²) >= 11 is 0. The van der Waals surface area contributed by atoms with E-state index in [1.54, 1.807) is 6.92 Å². The van der Waals surface area contributed by atoms with Gasteiger partial charge in [0.15, 0.2) is 0 Å². The van der Waals surface area contributed by atoms with E-state index in [0.29, 0.717) is 13.0 Å². The average molecular weight is 254 g/mol. The summed E-state index contributed by atoms with van der Waals surface area (Å²) in [6, 6.07) is -2.97. The SMILES string of the molecule is CCC(N)C(N1CCCCC1CO)C(F)(F)F. The van der Waals surface area contributed by atoms with E-state index in [-0.39, 0.29) is 13.0 Å². The lowest BCUT2D eigenvalue weighted by molar-refractivity contribution is -0.200. The molecule has 1 aliphatic rings. The number of alkyl halides is 3. The Morgan fingerprint density at radius 2 is 2.06 bits per heavy atom. The molecule has 3 atom stereocenters. The highest BCUT2D eigenvalue weighted by Crippen LogP contribution is 2.32. The van der Waals surface area contributed by atoms with Crippen LogP contribution in [-0.2, 0) is 0 Å². The molecule has 0 radical (unpaired) electrons. The Kier molecular flexibility index (Phi) is 5.22. The Bertz CT molecular complexity index is 235. The summed E-state index contributed by atoms with van der Waals surface area (Å²) in [4.78, 5) is 1.34. The highest BCUT2D eigenvalue weighted by atomic mass is 19.4. The Balaban J connectivity index is 2.87. The summed E-state index contributed by atoms with van der Waals surface area (Å²) in [5.41, 5.74) is 5.61. The van der Waals surface area contributed by atoms with Crippen molar-refractivity contribution >= 4 is 0 Å². The lowest BCUT2D eigenvalue weighted by Gasteiger charge is -2.43. The minimum atomic E-state index is -4.33. The Labute approximate surface area is 99.8 Å². The van der Waals surface area contributed by atoms with Gasteiger partial charge in [-0.05, 0) is 25.8 Å².